The van der Waals surface area contributed by atoms with Gasteiger partial charge in [0, 0.05) is 19.3 Å². The van der Waals surface area contributed by atoms with E-state index in [2.05, 4.69) is 0 Å². The monoisotopic (exact) mass is 228 g/mol. The molecule has 1 aromatic carbocycles. The average molecular weight is 228 g/mol. The highest BCUT2D eigenvalue weighted by Gasteiger charge is 2.21. The maximum atomic E-state index is 12.9. The minimum absolute atomic E-state index is 0.279. The predicted molar refractivity (Wildman–Crippen MR) is 54.9 cm³/mol. The van der Waals surface area contributed by atoms with E-state index in [-0.39, 0.29) is 5.92 Å². The molecule has 1 aromatic rings. The van der Waals surface area contributed by atoms with Crippen molar-refractivity contribution in [1.29, 1.82) is 0 Å². The average Bonchev–Trinajstić information content (AvgIpc) is 2.68. The van der Waals surface area contributed by atoms with Gasteiger partial charge in [0.2, 0.25) is 0 Å². The lowest BCUT2D eigenvalue weighted by molar-refractivity contribution is 0.129. The molecule has 1 heterocycles. The van der Waals surface area contributed by atoms with Gasteiger partial charge in [0.1, 0.15) is 11.6 Å². The topological polar surface area (TPSA) is 29.5 Å². The summed E-state index contributed by atoms with van der Waals surface area (Å²) in [5.41, 5.74) is 0.296. The summed E-state index contributed by atoms with van der Waals surface area (Å²) in [6.07, 6.45) is 0.564. The van der Waals surface area contributed by atoms with Crippen LogP contribution < -0.4 is 0 Å². The van der Waals surface area contributed by atoms with Gasteiger partial charge in [-0.25, -0.2) is 8.78 Å². The van der Waals surface area contributed by atoms with Gasteiger partial charge in [0.05, 0.1) is 6.10 Å². The van der Waals surface area contributed by atoms with Crippen LogP contribution in [0, 0.1) is 17.6 Å². The number of rotatable bonds is 3. The molecule has 0 spiro atoms. The molecule has 2 unspecified atom stereocenters. The van der Waals surface area contributed by atoms with Crippen LogP contribution in [0.25, 0.3) is 0 Å². The third-order valence-corrected chi connectivity index (χ3v) is 2.85. The number of benzene rings is 1. The molecule has 0 bridgehead atoms. The first-order valence-corrected chi connectivity index (χ1v) is 5.37. The van der Waals surface area contributed by atoms with Crippen LogP contribution in [-0.2, 0) is 4.74 Å². The SMILES string of the molecule is OC(CC1CCOC1)c1cc(F)cc(F)c1. The third-order valence-electron chi connectivity index (χ3n) is 2.85. The van der Waals surface area contributed by atoms with Crippen LogP contribution in [-0.4, -0.2) is 18.3 Å². The van der Waals surface area contributed by atoms with Crippen molar-refractivity contribution in [2.75, 3.05) is 13.2 Å². The molecule has 1 fully saturated rings. The first-order chi connectivity index (χ1) is 7.65. The van der Waals surface area contributed by atoms with Crippen LogP contribution in [0.4, 0.5) is 8.78 Å². The van der Waals surface area contributed by atoms with E-state index < -0.39 is 17.7 Å². The molecular formula is C12H14F2O2. The Kier molecular flexibility index (Phi) is 3.51. The number of hydrogen-bond donors (Lipinski definition) is 1. The quantitative estimate of drug-likeness (QED) is 0.861. The molecule has 0 aliphatic carbocycles. The van der Waals surface area contributed by atoms with Crippen molar-refractivity contribution in [3.8, 4) is 0 Å². The molecule has 1 saturated heterocycles. The molecular weight excluding hydrogens is 214 g/mol. The second kappa shape index (κ2) is 4.89. The standard InChI is InChI=1S/C12H14F2O2/c13-10-4-9(5-11(14)6-10)12(15)3-8-1-2-16-7-8/h4-6,8,12,15H,1-3,7H2. The van der Waals surface area contributed by atoms with Crippen LogP contribution >= 0.6 is 0 Å². The lowest BCUT2D eigenvalue weighted by Gasteiger charge is -2.14. The number of hydrogen-bond acceptors (Lipinski definition) is 2. The summed E-state index contributed by atoms with van der Waals surface area (Å²) < 4.78 is 31.0. The van der Waals surface area contributed by atoms with Crippen molar-refractivity contribution in [2.24, 2.45) is 5.92 Å². The van der Waals surface area contributed by atoms with E-state index in [1.54, 1.807) is 0 Å². The summed E-state index contributed by atoms with van der Waals surface area (Å²) in [4.78, 5) is 0. The highest BCUT2D eigenvalue weighted by Crippen LogP contribution is 2.27. The van der Waals surface area contributed by atoms with Gasteiger partial charge < -0.3 is 9.84 Å². The number of ether oxygens (including phenoxy) is 1. The molecule has 1 aliphatic rings. The third kappa shape index (κ3) is 2.77. The summed E-state index contributed by atoms with van der Waals surface area (Å²) in [5, 5.41) is 9.84. The largest absolute Gasteiger partial charge is 0.388 e. The molecule has 1 aliphatic heterocycles. The summed E-state index contributed by atoms with van der Waals surface area (Å²) >= 11 is 0. The van der Waals surface area contributed by atoms with E-state index in [4.69, 9.17) is 4.74 Å². The molecule has 0 saturated carbocycles. The van der Waals surface area contributed by atoms with Crippen molar-refractivity contribution >= 4 is 0 Å². The number of aliphatic hydroxyl groups is 1. The van der Waals surface area contributed by atoms with Crippen molar-refractivity contribution in [2.45, 2.75) is 18.9 Å². The molecule has 16 heavy (non-hydrogen) atoms. The number of halogens is 2. The van der Waals surface area contributed by atoms with Crippen molar-refractivity contribution < 1.29 is 18.6 Å². The maximum Gasteiger partial charge on any atom is 0.126 e. The van der Waals surface area contributed by atoms with Crippen LogP contribution in [0.5, 0.6) is 0 Å². The van der Waals surface area contributed by atoms with Crippen LogP contribution in [0.3, 0.4) is 0 Å². The summed E-state index contributed by atoms with van der Waals surface area (Å²) in [7, 11) is 0. The molecule has 2 rings (SSSR count). The Hall–Kier alpha value is -1.00. The molecule has 2 atom stereocenters. The zero-order valence-corrected chi connectivity index (χ0v) is 8.83. The van der Waals surface area contributed by atoms with Gasteiger partial charge in [-0.1, -0.05) is 0 Å². The van der Waals surface area contributed by atoms with Gasteiger partial charge in [-0.3, -0.25) is 0 Å². The Morgan fingerprint density at radius 1 is 1.31 bits per heavy atom. The Balaban J connectivity index is 2.04. The van der Waals surface area contributed by atoms with Gasteiger partial charge in [0.25, 0.3) is 0 Å². The van der Waals surface area contributed by atoms with E-state index in [1.165, 1.54) is 12.1 Å². The van der Waals surface area contributed by atoms with Crippen molar-refractivity contribution in [3.63, 3.8) is 0 Å². The summed E-state index contributed by atoms with van der Waals surface area (Å²) in [5.74, 6) is -1.03. The minimum Gasteiger partial charge on any atom is -0.388 e. The Bertz CT molecular complexity index is 342. The van der Waals surface area contributed by atoms with E-state index in [0.29, 0.717) is 25.2 Å². The number of aliphatic hydroxyl groups excluding tert-OH is 1. The lowest BCUT2D eigenvalue weighted by atomic mass is 9.96. The van der Waals surface area contributed by atoms with E-state index in [9.17, 15) is 13.9 Å². The molecule has 0 radical (unpaired) electrons. The van der Waals surface area contributed by atoms with Crippen LogP contribution in [0.2, 0.25) is 0 Å². The van der Waals surface area contributed by atoms with Crippen LogP contribution in [0.1, 0.15) is 24.5 Å². The van der Waals surface area contributed by atoms with Gasteiger partial charge in [-0.15, -0.1) is 0 Å². The molecule has 88 valence electrons. The molecule has 1 N–H and O–H groups in total. The van der Waals surface area contributed by atoms with E-state index in [1.807, 2.05) is 0 Å². The zero-order valence-electron chi connectivity index (χ0n) is 8.83. The summed E-state index contributed by atoms with van der Waals surface area (Å²) in [6.45, 7) is 1.32. The zero-order chi connectivity index (χ0) is 11.5. The fourth-order valence-electron chi connectivity index (χ4n) is 1.99. The molecule has 0 aromatic heterocycles. The van der Waals surface area contributed by atoms with Gasteiger partial charge in [0.15, 0.2) is 0 Å². The fourth-order valence-corrected chi connectivity index (χ4v) is 1.99. The first kappa shape index (κ1) is 11.5. The van der Waals surface area contributed by atoms with E-state index >= 15 is 0 Å². The molecule has 0 amide bonds. The summed E-state index contributed by atoms with van der Waals surface area (Å²) in [6, 6.07) is 3.14. The molecule has 4 heteroatoms. The minimum atomic E-state index is -0.822. The second-order valence-electron chi connectivity index (χ2n) is 4.18. The van der Waals surface area contributed by atoms with Crippen molar-refractivity contribution in [1.82, 2.24) is 0 Å². The Labute approximate surface area is 92.9 Å². The Morgan fingerprint density at radius 3 is 2.56 bits per heavy atom. The predicted octanol–water partition coefficient (Wildman–Crippen LogP) is 2.42. The van der Waals surface area contributed by atoms with Gasteiger partial charge in [-0.2, -0.15) is 0 Å². The van der Waals surface area contributed by atoms with E-state index in [0.717, 1.165) is 12.5 Å². The first-order valence-electron chi connectivity index (χ1n) is 5.37. The van der Waals surface area contributed by atoms with Crippen molar-refractivity contribution in [3.05, 3.63) is 35.4 Å². The van der Waals surface area contributed by atoms with Gasteiger partial charge >= 0.3 is 0 Å². The Morgan fingerprint density at radius 2 is 2.00 bits per heavy atom. The maximum absolute atomic E-state index is 12.9. The van der Waals surface area contributed by atoms with Gasteiger partial charge in [-0.05, 0) is 36.5 Å². The highest BCUT2D eigenvalue weighted by molar-refractivity contribution is 5.20. The second-order valence-corrected chi connectivity index (χ2v) is 4.18. The highest BCUT2D eigenvalue weighted by atomic mass is 19.1. The smallest absolute Gasteiger partial charge is 0.126 e. The fraction of sp³-hybridized carbons (Fsp3) is 0.500. The van der Waals surface area contributed by atoms with Crippen LogP contribution in [0.15, 0.2) is 18.2 Å². The molecule has 2 nitrogen and oxygen atoms in total. The lowest BCUT2D eigenvalue weighted by Crippen LogP contribution is -2.07. The normalized spacial score (nSPS) is 22.3.